The van der Waals surface area contributed by atoms with E-state index in [9.17, 15) is 0 Å². The average molecular weight is 821 g/mol. The molecule has 0 bridgehead atoms. The first kappa shape index (κ1) is 37.4. The lowest BCUT2D eigenvalue weighted by molar-refractivity contribution is 0.330. The zero-order valence-corrected chi connectivity index (χ0v) is 37.7. The van der Waals surface area contributed by atoms with Gasteiger partial charge in [-0.25, -0.2) is 0 Å². The maximum Gasteiger partial charge on any atom is 0.260 e. The Morgan fingerprint density at radius 3 is 1.29 bits per heavy atom. The van der Waals surface area contributed by atoms with Crippen molar-refractivity contribution in [3.05, 3.63) is 150 Å². The maximum absolute atomic E-state index is 7.34. The molecule has 0 unspecified atom stereocenters. The molecule has 0 fully saturated rings. The monoisotopic (exact) mass is 820 g/mol. The van der Waals surface area contributed by atoms with Gasteiger partial charge in [-0.15, -0.1) is 0 Å². The van der Waals surface area contributed by atoms with Crippen LogP contribution in [0.2, 0.25) is 0 Å². The fraction of sp³-hybridized carbons (Fsp3) is 0.276. The minimum absolute atomic E-state index is 0.0276. The largest absolute Gasteiger partial charge is 0.458 e. The molecule has 2 aliphatic heterocycles. The number of para-hydroxylation sites is 4. The summed E-state index contributed by atoms with van der Waals surface area (Å²) in [5.74, 6) is 3.68. The first-order valence-corrected chi connectivity index (χ1v) is 23.1. The first-order chi connectivity index (χ1) is 30.2. The van der Waals surface area contributed by atoms with Crippen molar-refractivity contribution in [2.45, 2.75) is 103 Å². The molecule has 5 heteroatoms. The van der Waals surface area contributed by atoms with Crippen molar-refractivity contribution in [2.24, 2.45) is 0 Å². The molecule has 4 nitrogen and oxygen atoms in total. The molecule has 310 valence electrons. The second-order valence-corrected chi connectivity index (χ2v) is 21.8. The second kappa shape index (κ2) is 12.3. The SMILES string of the molecule is CC1(C)CCC(C)(C)c2cc3c(cc21)Oc1cc(-n2c4ccccc4c4cccc(-n5c6ccccc6c6ccccc65)c42)cc2c1B3c1cc3c(cc1O2)C(C)(C)CCC3(C)C. The van der Waals surface area contributed by atoms with Gasteiger partial charge in [0.15, 0.2) is 0 Å². The number of benzene rings is 7. The first-order valence-electron chi connectivity index (χ1n) is 23.1. The van der Waals surface area contributed by atoms with E-state index in [-0.39, 0.29) is 28.4 Å². The molecule has 7 aromatic carbocycles. The van der Waals surface area contributed by atoms with Crippen LogP contribution < -0.4 is 25.9 Å². The van der Waals surface area contributed by atoms with Gasteiger partial charge < -0.3 is 18.6 Å². The number of rotatable bonds is 2. The van der Waals surface area contributed by atoms with E-state index >= 15 is 0 Å². The highest BCUT2D eigenvalue weighted by Gasteiger charge is 2.47. The van der Waals surface area contributed by atoms with E-state index in [1.807, 2.05) is 0 Å². The summed E-state index contributed by atoms with van der Waals surface area (Å²) in [6, 6.07) is 47.7. The van der Waals surface area contributed by atoms with Gasteiger partial charge in [-0.2, -0.15) is 0 Å². The smallest absolute Gasteiger partial charge is 0.260 e. The van der Waals surface area contributed by atoms with Crippen molar-refractivity contribution in [2.75, 3.05) is 0 Å². The van der Waals surface area contributed by atoms with Crippen LogP contribution in [0.5, 0.6) is 23.0 Å². The standard InChI is InChI=1S/C58H53BN2O2/c1-55(2)24-26-57(5,6)41-32-49-43(30-39(41)55)59-44-31-40-42(58(7,8)27-25-56(40,3)4)33-50(44)63-52-29-34(28-51(62-49)53(52)59)60-45-20-12-11-18-37(45)38-19-15-23-48(54(38)60)61-46-21-13-9-16-35(46)36-17-10-14-22-47(36)61/h9-23,28-33H,24-27H2,1-8H3. The maximum atomic E-state index is 7.34. The zero-order valence-electron chi connectivity index (χ0n) is 37.7. The summed E-state index contributed by atoms with van der Waals surface area (Å²) < 4.78 is 19.6. The molecule has 4 heterocycles. The summed E-state index contributed by atoms with van der Waals surface area (Å²) >= 11 is 0. The molecule has 4 aliphatic rings. The molecule has 0 atom stereocenters. The Bertz CT molecular complexity index is 3320. The van der Waals surface area contributed by atoms with Crippen molar-refractivity contribution in [3.8, 4) is 34.4 Å². The predicted octanol–water partition coefficient (Wildman–Crippen LogP) is 13.3. The van der Waals surface area contributed by atoms with Crippen LogP contribution in [0, 0.1) is 0 Å². The summed E-state index contributed by atoms with van der Waals surface area (Å²) in [6.07, 6.45) is 4.62. The van der Waals surface area contributed by atoms with Crippen molar-refractivity contribution in [1.29, 1.82) is 0 Å². The van der Waals surface area contributed by atoms with Crippen LogP contribution in [-0.2, 0) is 21.7 Å². The fourth-order valence-corrected chi connectivity index (χ4v) is 12.4. The molecule has 13 rings (SSSR count). The Balaban J connectivity index is 1.11. The van der Waals surface area contributed by atoms with Crippen LogP contribution in [0.25, 0.3) is 55.0 Å². The lowest BCUT2D eigenvalue weighted by atomic mass is 9.34. The lowest BCUT2D eigenvalue weighted by Gasteiger charge is -2.45. The van der Waals surface area contributed by atoms with Crippen LogP contribution in [0.3, 0.4) is 0 Å². The predicted molar refractivity (Wildman–Crippen MR) is 263 cm³/mol. The van der Waals surface area contributed by atoms with Gasteiger partial charge in [0.2, 0.25) is 0 Å². The third-order valence-corrected chi connectivity index (χ3v) is 16.2. The third kappa shape index (κ3) is 5.05. The van der Waals surface area contributed by atoms with E-state index in [2.05, 4.69) is 192 Å². The quantitative estimate of drug-likeness (QED) is 0.163. The molecular weight excluding hydrogens is 767 g/mol. The van der Waals surface area contributed by atoms with Crippen LogP contribution in [0.15, 0.2) is 127 Å². The second-order valence-electron chi connectivity index (χ2n) is 21.8. The number of fused-ring (bicyclic) bond motifs is 12. The van der Waals surface area contributed by atoms with E-state index in [1.165, 1.54) is 65.8 Å². The van der Waals surface area contributed by atoms with Gasteiger partial charge in [-0.3, -0.25) is 0 Å². The molecule has 0 radical (unpaired) electrons. The number of hydrogen-bond acceptors (Lipinski definition) is 2. The number of aromatic nitrogens is 2. The summed E-state index contributed by atoms with van der Waals surface area (Å²) in [6.45, 7) is 19.4. The van der Waals surface area contributed by atoms with Crippen LogP contribution in [-0.4, -0.2) is 15.8 Å². The Morgan fingerprint density at radius 1 is 0.413 bits per heavy atom. The molecule has 0 saturated carbocycles. The Kier molecular flexibility index (Phi) is 7.29. The molecule has 0 saturated heterocycles. The van der Waals surface area contributed by atoms with Gasteiger partial charge in [-0.05, 0) is 117 Å². The van der Waals surface area contributed by atoms with Crippen molar-refractivity contribution < 1.29 is 9.47 Å². The summed E-state index contributed by atoms with van der Waals surface area (Å²) in [5.41, 5.74) is 16.4. The van der Waals surface area contributed by atoms with Gasteiger partial charge in [0.25, 0.3) is 6.71 Å². The molecule has 2 aliphatic carbocycles. The van der Waals surface area contributed by atoms with Crippen LogP contribution >= 0.6 is 0 Å². The number of nitrogens with zero attached hydrogens (tertiary/aromatic N) is 2. The fourth-order valence-electron chi connectivity index (χ4n) is 12.4. The molecule has 9 aromatic rings. The zero-order chi connectivity index (χ0) is 42.9. The van der Waals surface area contributed by atoms with Gasteiger partial charge >= 0.3 is 0 Å². The van der Waals surface area contributed by atoms with E-state index < -0.39 is 0 Å². The number of hydrogen-bond donors (Lipinski definition) is 0. The highest BCUT2D eigenvalue weighted by atomic mass is 16.5. The molecule has 63 heavy (non-hydrogen) atoms. The Morgan fingerprint density at radius 2 is 0.810 bits per heavy atom. The minimum Gasteiger partial charge on any atom is -0.458 e. The van der Waals surface area contributed by atoms with E-state index in [1.54, 1.807) is 0 Å². The molecule has 0 spiro atoms. The highest BCUT2D eigenvalue weighted by Crippen LogP contribution is 2.51. The lowest BCUT2D eigenvalue weighted by Crippen LogP contribution is -2.58. The summed E-state index contributed by atoms with van der Waals surface area (Å²) in [5, 5.41) is 4.92. The molecule has 0 N–H and O–H groups in total. The van der Waals surface area contributed by atoms with Crippen molar-refractivity contribution in [3.63, 3.8) is 0 Å². The van der Waals surface area contributed by atoms with Gasteiger partial charge in [0, 0.05) is 39.1 Å². The Labute approximate surface area is 370 Å². The molecule has 0 amide bonds. The summed E-state index contributed by atoms with van der Waals surface area (Å²) in [4.78, 5) is 0. The highest BCUT2D eigenvalue weighted by molar-refractivity contribution is 6.98. The minimum atomic E-state index is -0.0276. The molecule has 2 aromatic heterocycles. The Hall–Kier alpha value is -6.20. The van der Waals surface area contributed by atoms with E-state index in [0.29, 0.717) is 0 Å². The van der Waals surface area contributed by atoms with Crippen LogP contribution in [0.1, 0.15) is 103 Å². The van der Waals surface area contributed by atoms with Gasteiger partial charge in [0.05, 0.1) is 33.4 Å². The van der Waals surface area contributed by atoms with E-state index in [4.69, 9.17) is 9.47 Å². The van der Waals surface area contributed by atoms with Gasteiger partial charge in [-0.1, -0.05) is 134 Å². The van der Waals surface area contributed by atoms with Crippen LogP contribution in [0.4, 0.5) is 0 Å². The normalized spacial score (nSPS) is 18.3. The molecular formula is C58H53BN2O2. The number of ether oxygens (including phenoxy) is 2. The van der Waals surface area contributed by atoms with E-state index in [0.717, 1.165) is 76.6 Å². The van der Waals surface area contributed by atoms with Crippen molar-refractivity contribution in [1.82, 2.24) is 9.13 Å². The average Bonchev–Trinajstić information content (AvgIpc) is 3.79. The summed E-state index contributed by atoms with van der Waals surface area (Å²) in [7, 11) is 0. The topological polar surface area (TPSA) is 28.3 Å². The van der Waals surface area contributed by atoms with Crippen molar-refractivity contribution >= 4 is 66.7 Å². The third-order valence-electron chi connectivity index (χ3n) is 16.2. The van der Waals surface area contributed by atoms with Gasteiger partial charge in [0.1, 0.15) is 23.0 Å².